The van der Waals surface area contributed by atoms with Crippen LogP contribution in [-0.4, -0.2) is 50.7 Å². The zero-order valence-electron chi connectivity index (χ0n) is 22.4. The first-order valence-electron chi connectivity index (χ1n) is 13.0. The summed E-state index contributed by atoms with van der Waals surface area (Å²) in [7, 11) is 0. The molecule has 2 amide bonds. The van der Waals surface area contributed by atoms with Crippen molar-refractivity contribution < 1.29 is 18.9 Å². The fourth-order valence-corrected chi connectivity index (χ4v) is 4.43. The number of hydrogen-bond acceptors (Lipinski definition) is 4. The zero-order valence-corrected chi connectivity index (χ0v) is 22.4. The van der Waals surface area contributed by atoms with Gasteiger partial charge in [0.25, 0.3) is 5.69 Å². The molecule has 0 spiro atoms. The summed E-state index contributed by atoms with van der Waals surface area (Å²) in [4.78, 5) is 43.5. The Morgan fingerprint density at radius 2 is 1.73 bits per heavy atom. The largest absolute Gasteiger partial charge is 0.361 e. The Bertz CT molecular complexity index is 1510. The van der Waals surface area contributed by atoms with Gasteiger partial charge in [-0.3, -0.25) is 19.7 Å². The summed E-state index contributed by atoms with van der Waals surface area (Å²) in [6.07, 6.45) is 5.48. The van der Waals surface area contributed by atoms with Gasteiger partial charge in [0.2, 0.25) is 11.8 Å². The molecule has 3 aromatic carbocycles. The van der Waals surface area contributed by atoms with Crippen LogP contribution in [0, 0.1) is 15.9 Å². The Kier molecular flexibility index (Phi) is 9.06. The summed E-state index contributed by atoms with van der Waals surface area (Å²) in [5.41, 5.74) is 3.48. The third-order valence-corrected chi connectivity index (χ3v) is 6.70. The van der Waals surface area contributed by atoms with E-state index in [9.17, 15) is 24.1 Å². The van der Waals surface area contributed by atoms with Crippen LogP contribution in [0.5, 0.6) is 0 Å². The highest BCUT2D eigenvalue weighted by Crippen LogP contribution is 2.19. The van der Waals surface area contributed by atoms with Crippen LogP contribution in [0.2, 0.25) is 0 Å². The van der Waals surface area contributed by atoms with Gasteiger partial charge in [-0.1, -0.05) is 30.3 Å². The van der Waals surface area contributed by atoms with Gasteiger partial charge < -0.3 is 14.8 Å². The highest BCUT2D eigenvalue weighted by molar-refractivity contribution is 5.94. The van der Waals surface area contributed by atoms with Gasteiger partial charge in [-0.25, -0.2) is 4.39 Å². The molecule has 0 fully saturated rings. The SMILES string of the molecule is CC(C)N(CC(=O)N(CCc1c[nH]c2ccccc12)Cc1ccc(F)cc1)C(=O)/C=C/c1ccc([N+](=O)[O-])cc1. The molecule has 40 heavy (non-hydrogen) atoms. The Labute approximate surface area is 231 Å². The Morgan fingerprint density at radius 3 is 2.40 bits per heavy atom. The molecule has 1 heterocycles. The molecular formula is C31H31FN4O4. The van der Waals surface area contributed by atoms with Crippen molar-refractivity contribution in [2.24, 2.45) is 0 Å². The van der Waals surface area contributed by atoms with Crippen molar-refractivity contribution in [2.75, 3.05) is 13.1 Å². The van der Waals surface area contributed by atoms with E-state index >= 15 is 0 Å². The molecular weight excluding hydrogens is 511 g/mol. The minimum absolute atomic E-state index is 0.0354. The van der Waals surface area contributed by atoms with E-state index in [4.69, 9.17) is 0 Å². The number of nitrogens with zero attached hydrogens (tertiary/aromatic N) is 3. The molecule has 0 saturated carbocycles. The number of nitro groups is 1. The summed E-state index contributed by atoms with van der Waals surface area (Å²) < 4.78 is 13.5. The number of aromatic amines is 1. The Morgan fingerprint density at radius 1 is 1.02 bits per heavy atom. The lowest BCUT2D eigenvalue weighted by molar-refractivity contribution is -0.384. The number of rotatable bonds is 11. The summed E-state index contributed by atoms with van der Waals surface area (Å²) in [6, 6.07) is 19.6. The number of benzene rings is 3. The predicted molar refractivity (Wildman–Crippen MR) is 153 cm³/mol. The highest BCUT2D eigenvalue weighted by atomic mass is 19.1. The second-order valence-corrected chi connectivity index (χ2v) is 9.79. The Balaban J connectivity index is 1.49. The molecule has 206 valence electrons. The lowest BCUT2D eigenvalue weighted by Crippen LogP contribution is -2.45. The van der Waals surface area contributed by atoms with Crippen molar-refractivity contribution in [2.45, 2.75) is 32.9 Å². The van der Waals surface area contributed by atoms with E-state index in [0.29, 0.717) is 18.5 Å². The number of fused-ring (bicyclic) bond motifs is 1. The first-order chi connectivity index (χ1) is 19.2. The van der Waals surface area contributed by atoms with E-state index in [1.165, 1.54) is 35.2 Å². The molecule has 4 rings (SSSR count). The van der Waals surface area contributed by atoms with E-state index in [2.05, 4.69) is 4.98 Å². The molecule has 1 N–H and O–H groups in total. The van der Waals surface area contributed by atoms with Gasteiger partial charge in [0.1, 0.15) is 12.4 Å². The maximum Gasteiger partial charge on any atom is 0.269 e. The molecule has 0 aliphatic heterocycles. The normalized spacial score (nSPS) is 11.3. The topological polar surface area (TPSA) is 99.6 Å². The molecule has 4 aromatic rings. The molecule has 0 aliphatic carbocycles. The average Bonchev–Trinajstić information content (AvgIpc) is 3.36. The molecule has 0 radical (unpaired) electrons. The van der Waals surface area contributed by atoms with Crippen molar-refractivity contribution in [3.8, 4) is 0 Å². The fraction of sp³-hybridized carbons (Fsp3) is 0.226. The lowest BCUT2D eigenvalue weighted by Gasteiger charge is -2.29. The van der Waals surface area contributed by atoms with Crippen LogP contribution in [0.4, 0.5) is 10.1 Å². The molecule has 1 aromatic heterocycles. The van der Waals surface area contributed by atoms with Gasteiger partial charge in [-0.2, -0.15) is 0 Å². The number of nitro benzene ring substituents is 1. The van der Waals surface area contributed by atoms with Gasteiger partial charge in [0, 0.05) is 54.4 Å². The van der Waals surface area contributed by atoms with Crippen LogP contribution in [0.1, 0.15) is 30.5 Å². The van der Waals surface area contributed by atoms with Crippen LogP contribution in [0.3, 0.4) is 0 Å². The average molecular weight is 543 g/mol. The first-order valence-corrected chi connectivity index (χ1v) is 13.0. The second-order valence-electron chi connectivity index (χ2n) is 9.79. The molecule has 8 nitrogen and oxygen atoms in total. The van der Waals surface area contributed by atoms with Crippen molar-refractivity contribution in [1.29, 1.82) is 0 Å². The fourth-order valence-electron chi connectivity index (χ4n) is 4.43. The van der Waals surface area contributed by atoms with E-state index in [-0.39, 0.29) is 42.5 Å². The van der Waals surface area contributed by atoms with Crippen LogP contribution in [0.25, 0.3) is 17.0 Å². The quantitative estimate of drug-likeness (QED) is 0.148. The predicted octanol–water partition coefficient (Wildman–Crippen LogP) is 5.74. The van der Waals surface area contributed by atoms with Gasteiger partial charge in [0.05, 0.1) is 4.92 Å². The number of non-ortho nitro benzene ring substituents is 1. The third kappa shape index (κ3) is 7.19. The summed E-state index contributed by atoms with van der Waals surface area (Å²) >= 11 is 0. The minimum Gasteiger partial charge on any atom is -0.361 e. The van der Waals surface area contributed by atoms with Crippen LogP contribution in [0.15, 0.2) is 85.1 Å². The van der Waals surface area contributed by atoms with Crippen LogP contribution < -0.4 is 0 Å². The van der Waals surface area contributed by atoms with Gasteiger partial charge >= 0.3 is 0 Å². The van der Waals surface area contributed by atoms with Crippen molar-refractivity contribution in [3.05, 3.63) is 118 Å². The van der Waals surface area contributed by atoms with Crippen LogP contribution in [-0.2, 0) is 22.6 Å². The first kappa shape index (κ1) is 28.2. The van der Waals surface area contributed by atoms with E-state index in [1.54, 1.807) is 35.2 Å². The van der Waals surface area contributed by atoms with Gasteiger partial charge in [-0.05, 0) is 73.4 Å². The highest BCUT2D eigenvalue weighted by Gasteiger charge is 2.23. The molecule has 0 unspecified atom stereocenters. The zero-order chi connectivity index (χ0) is 28.6. The summed E-state index contributed by atoms with van der Waals surface area (Å²) in [5, 5.41) is 12.0. The van der Waals surface area contributed by atoms with Crippen molar-refractivity contribution in [1.82, 2.24) is 14.8 Å². The lowest BCUT2D eigenvalue weighted by atomic mass is 10.1. The molecule has 0 aliphatic rings. The van der Waals surface area contributed by atoms with E-state index < -0.39 is 4.92 Å². The van der Waals surface area contributed by atoms with Crippen molar-refractivity contribution >= 4 is 34.5 Å². The summed E-state index contributed by atoms with van der Waals surface area (Å²) in [6.45, 7) is 4.23. The molecule has 0 saturated heterocycles. The van der Waals surface area contributed by atoms with Crippen LogP contribution >= 0.6 is 0 Å². The number of carbonyl (C=O) groups is 2. The van der Waals surface area contributed by atoms with E-state index in [1.807, 2.05) is 44.3 Å². The molecule has 0 bridgehead atoms. The monoisotopic (exact) mass is 542 g/mol. The smallest absolute Gasteiger partial charge is 0.269 e. The van der Waals surface area contributed by atoms with Crippen molar-refractivity contribution in [3.63, 3.8) is 0 Å². The number of hydrogen-bond donors (Lipinski definition) is 1. The van der Waals surface area contributed by atoms with Gasteiger partial charge in [-0.15, -0.1) is 0 Å². The standard InChI is InChI=1S/C31H31FN4O4/c1-22(2)35(30(37)16-11-23-9-14-27(15-10-23)36(39)40)21-31(38)34(20-24-7-12-26(32)13-8-24)18-17-25-19-33-29-6-4-3-5-28(25)29/h3-16,19,22,33H,17-18,20-21H2,1-2H3/b16-11+. The number of amides is 2. The molecule has 0 atom stereocenters. The van der Waals surface area contributed by atoms with Gasteiger partial charge in [0.15, 0.2) is 0 Å². The third-order valence-electron chi connectivity index (χ3n) is 6.70. The number of para-hydroxylation sites is 1. The maximum absolute atomic E-state index is 13.6. The minimum atomic E-state index is -0.485. The number of aromatic nitrogens is 1. The maximum atomic E-state index is 13.6. The number of halogens is 1. The van der Waals surface area contributed by atoms with E-state index in [0.717, 1.165) is 22.0 Å². The number of nitrogens with one attached hydrogen (secondary N) is 1. The number of carbonyl (C=O) groups excluding carboxylic acids is 2. The summed E-state index contributed by atoms with van der Waals surface area (Å²) in [5.74, 6) is -0.924. The Hall–Kier alpha value is -4.79. The second kappa shape index (κ2) is 12.8. The number of H-pyrrole nitrogens is 1. The molecule has 9 heteroatoms.